The first kappa shape index (κ1) is 16.5. The number of aromatic nitrogens is 1. The molecule has 3 nitrogen and oxygen atoms in total. The van der Waals surface area contributed by atoms with Crippen molar-refractivity contribution in [3.63, 3.8) is 0 Å². The van der Waals surface area contributed by atoms with Crippen LogP contribution in [0.5, 0.6) is 0 Å². The zero-order valence-corrected chi connectivity index (χ0v) is 14.7. The quantitative estimate of drug-likeness (QED) is 0.657. The highest BCUT2D eigenvalue weighted by atomic mass is 79.9. The number of halogens is 1. The number of rotatable bonds is 4. The second-order valence-corrected chi connectivity index (χ2v) is 8.54. The molecule has 0 saturated heterocycles. The van der Waals surface area contributed by atoms with Crippen molar-refractivity contribution < 1.29 is 4.55 Å². The van der Waals surface area contributed by atoms with E-state index in [1.54, 1.807) is 0 Å². The molecule has 112 valence electrons. The molecule has 0 aliphatic carbocycles. The fraction of sp³-hybridized carbons (Fsp3) is 0.312. The average Bonchev–Trinajstić information content (AvgIpc) is 2.44. The fourth-order valence-electron chi connectivity index (χ4n) is 1.81. The second-order valence-electron chi connectivity index (χ2n) is 5.73. The zero-order valence-electron chi connectivity index (χ0n) is 12.3. The van der Waals surface area contributed by atoms with Crippen molar-refractivity contribution in [3.05, 3.63) is 64.4 Å². The van der Waals surface area contributed by atoms with Gasteiger partial charge in [-0.2, -0.15) is 0 Å². The van der Waals surface area contributed by atoms with Gasteiger partial charge in [-0.1, -0.05) is 36.4 Å². The number of hydrogen-bond donors (Lipinski definition) is 1. The Morgan fingerprint density at radius 2 is 1.76 bits per heavy atom. The van der Waals surface area contributed by atoms with E-state index in [9.17, 15) is 4.55 Å². The number of pyridine rings is 1. The minimum atomic E-state index is -1.18. The Morgan fingerprint density at radius 1 is 1.10 bits per heavy atom. The van der Waals surface area contributed by atoms with Gasteiger partial charge in [0.1, 0.15) is 15.4 Å². The van der Waals surface area contributed by atoms with E-state index in [1.165, 1.54) is 0 Å². The summed E-state index contributed by atoms with van der Waals surface area (Å²) in [7, 11) is 0. The maximum Gasteiger partial charge on any atom is 0.136 e. The van der Waals surface area contributed by atoms with Crippen LogP contribution in [0, 0.1) is 0 Å². The first-order valence-corrected chi connectivity index (χ1v) is 8.67. The van der Waals surface area contributed by atoms with Crippen LogP contribution in [0.15, 0.2) is 53.1 Å². The average molecular weight is 367 g/mol. The Bertz CT molecular complexity index is 586. The molecular weight excluding hydrogens is 348 g/mol. The lowest BCUT2D eigenvalue weighted by molar-refractivity contribution is 0.534. The molecule has 0 fully saturated rings. The molecule has 2 rings (SSSR count). The van der Waals surface area contributed by atoms with E-state index in [4.69, 9.17) is 0 Å². The third-order valence-corrected chi connectivity index (χ3v) is 4.95. The Morgan fingerprint density at radius 3 is 2.33 bits per heavy atom. The number of hydrogen-bond acceptors (Lipinski definition) is 3. The van der Waals surface area contributed by atoms with Gasteiger partial charge < -0.3 is 4.55 Å². The van der Waals surface area contributed by atoms with Gasteiger partial charge >= 0.3 is 0 Å². The second kappa shape index (κ2) is 6.92. The molecule has 0 radical (unpaired) electrons. The van der Waals surface area contributed by atoms with E-state index in [0.29, 0.717) is 0 Å². The summed E-state index contributed by atoms with van der Waals surface area (Å²) in [5, 5.41) is 0. The first-order chi connectivity index (χ1) is 9.88. The number of nitrogens with zero attached hydrogens (tertiary/aromatic N) is 1. The normalized spacial score (nSPS) is 14.7. The molecular formula is C16H19BrN2OS. The maximum absolute atomic E-state index is 12.5. The summed E-state index contributed by atoms with van der Waals surface area (Å²) < 4.78 is 16.1. The van der Waals surface area contributed by atoms with Crippen molar-refractivity contribution in [2.75, 3.05) is 0 Å². The van der Waals surface area contributed by atoms with Crippen molar-refractivity contribution in [2.45, 2.75) is 31.6 Å². The summed E-state index contributed by atoms with van der Waals surface area (Å²) in [6.07, 6.45) is 0. The molecule has 1 aromatic carbocycles. The van der Waals surface area contributed by atoms with Crippen molar-refractivity contribution >= 4 is 27.3 Å². The maximum atomic E-state index is 12.5. The van der Waals surface area contributed by atoms with E-state index in [-0.39, 0.29) is 10.8 Å². The van der Waals surface area contributed by atoms with Gasteiger partial charge in [-0.25, -0.2) is 4.98 Å². The van der Waals surface area contributed by atoms with Crippen LogP contribution in [-0.4, -0.2) is 14.3 Å². The van der Waals surface area contributed by atoms with Crippen molar-refractivity contribution in [2.24, 2.45) is 0 Å². The summed E-state index contributed by atoms with van der Waals surface area (Å²) in [6, 6.07) is 15.5. The lowest BCUT2D eigenvalue weighted by Crippen LogP contribution is -2.41. The Labute approximate surface area is 137 Å². The molecule has 1 heterocycles. The fourth-order valence-corrected chi connectivity index (χ4v) is 3.00. The van der Waals surface area contributed by atoms with Crippen LogP contribution in [0.1, 0.15) is 38.1 Å². The SMILES string of the molecule is CC(C)(C)[S@+]([O-])NC(c1ccccc1)c1cccc(Br)n1. The van der Waals surface area contributed by atoms with Gasteiger partial charge in [-0.15, -0.1) is 4.72 Å². The van der Waals surface area contributed by atoms with E-state index >= 15 is 0 Å². The van der Waals surface area contributed by atoms with Crippen LogP contribution in [0.3, 0.4) is 0 Å². The van der Waals surface area contributed by atoms with Gasteiger partial charge in [0.25, 0.3) is 0 Å². The minimum absolute atomic E-state index is 0.205. The Balaban J connectivity index is 2.36. The molecule has 0 bridgehead atoms. The summed E-state index contributed by atoms with van der Waals surface area (Å²) in [5.74, 6) is 0. The van der Waals surface area contributed by atoms with E-state index in [1.807, 2.05) is 69.3 Å². The minimum Gasteiger partial charge on any atom is -0.598 e. The van der Waals surface area contributed by atoms with Crippen LogP contribution >= 0.6 is 15.9 Å². The lowest BCUT2D eigenvalue weighted by Gasteiger charge is -2.28. The molecule has 0 aliphatic heterocycles. The lowest BCUT2D eigenvalue weighted by atomic mass is 10.0. The highest BCUT2D eigenvalue weighted by Crippen LogP contribution is 2.25. The summed E-state index contributed by atoms with van der Waals surface area (Å²) in [5.41, 5.74) is 1.88. The molecule has 5 heteroatoms. The Hall–Kier alpha value is -0.880. The van der Waals surface area contributed by atoms with Gasteiger partial charge in [-0.3, -0.25) is 0 Å². The van der Waals surface area contributed by atoms with Crippen molar-refractivity contribution in [1.82, 2.24) is 9.71 Å². The largest absolute Gasteiger partial charge is 0.598 e. The first-order valence-electron chi connectivity index (χ1n) is 6.73. The predicted molar refractivity (Wildman–Crippen MR) is 91.3 cm³/mol. The summed E-state index contributed by atoms with van der Waals surface area (Å²) in [4.78, 5) is 4.50. The highest BCUT2D eigenvalue weighted by Gasteiger charge is 2.31. The summed E-state index contributed by atoms with van der Waals surface area (Å²) in [6.45, 7) is 5.85. The van der Waals surface area contributed by atoms with Gasteiger partial charge in [0.05, 0.1) is 5.69 Å². The van der Waals surface area contributed by atoms with Crippen LogP contribution in [-0.2, 0) is 11.4 Å². The van der Waals surface area contributed by atoms with E-state index < -0.39 is 11.4 Å². The molecule has 0 amide bonds. The number of nitrogens with one attached hydrogen (secondary N) is 1. The molecule has 1 aromatic heterocycles. The molecule has 1 unspecified atom stereocenters. The van der Waals surface area contributed by atoms with Crippen LogP contribution in [0.4, 0.5) is 0 Å². The third kappa shape index (κ3) is 4.54. The molecule has 0 saturated carbocycles. The molecule has 21 heavy (non-hydrogen) atoms. The smallest absolute Gasteiger partial charge is 0.136 e. The van der Waals surface area contributed by atoms with Gasteiger partial charge in [-0.05, 0) is 54.4 Å². The molecule has 2 aromatic rings. The van der Waals surface area contributed by atoms with Crippen LogP contribution < -0.4 is 4.72 Å². The number of benzene rings is 1. The van der Waals surface area contributed by atoms with Crippen LogP contribution in [0.2, 0.25) is 0 Å². The van der Waals surface area contributed by atoms with E-state index in [2.05, 4.69) is 25.6 Å². The zero-order chi connectivity index (χ0) is 15.5. The van der Waals surface area contributed by atoms with Crippen molar-refractivity contribution in [3.8, 4) is 0 Å². The molecule has 2 atom stereocenters. The van der Waals surface area contributed by atoms with Crippen molar-refractivity contribution in [1.29, 1.82) is 0 Å². The van der Waals surface area contributed by atoms with Gasteiger partial charge in [0.2, 0.25) is 0 Å². The predicted octanol–water partition coefficient (Wildman–Crippen LogP) is 3.99. The van der Waals surface area contributed by atoms with Gasteiger partial charge in [0.15, 0.2) is 0 Å². The standard InChI is InChI=1S/C16H19BrN2OS/c1-16(2,3)21(20)19-15(12-8-5-4-6-9-12)13-10-7-11-14(17)18-13/h4-11,15,19H,1-3H3/t15?,21-/m0/s1. The molecule has 1 N–H and O–H groups in total. The highest BCUT2D eigenvalue weighted by molar-refractivity contribution is 9.10. The monoisotopic (exact) mass is 366 g/mol. The Kier molecular flexibility index (Phi) is 5.43. The van der Waals surface area contributed by atoms with Crippen LogP contribution in [0.25, 0.3) is 0 Å². The topological polar surface area (TPSA) is 48.0 Å². The third-order valence-electron chi connectivity index (χ3n) is 2.95. The summed E-state index contributed by atoms with van der Waals surface area (Å²) >= 11 is 2.21. The van der Waals surface area contributed by atoms with Gasteiger partial charge in [0, 0.05) is 11.4 Å². The molecule has 0 spiro atoms. The molecule has 0 aliphatic rings. The van der Waals surface area contributed by atoms with E-state index in [0.717, 1.165) is 15.9 Å².